The Labute approximate surface area is 156 Å². The molecule has 0 atom stereocenters. The molecule has 140 valence electrons. The molecule has 1 N–H and O–H groups in total. The maximum Gasteiger partial charge on any atom is 0.354 e. The normalized spacial score (nSPS) is 14.8. The molecule has 5 heteroatoms. The monoisotopic (exact) mass is 369 g/mol. The van der Waals surface area contributed by atoms with Gasteiger partial charge in [-0.1, -0.05) is 25.0 Å². The Hall–Kier alpha value is -2.69. The third-order valence-corrected chi connectivity index (χ3v) is 5.31. The van der Waals surface area contributed by atoms with Crippen LogP contribution >= 0.6 is 0 Å². The van der Waals surface area contributed by atoms with Crippen molar-refractivity contribution in [3.05, 3.63) is 59.3 Å². The van der Waals surface area contributed by atoms with E-state index < -0.39 is 17.6 Å². The van der Waals surface area contributed by atoms with Crippen LogP contribution in [0.4, 0.5) is 8.78 Å². The third-order valence-electron chi connectivity index (χ3n) is 5.31. The van der Waals surface area contributed by atoms with E-state index in [0.717, 1.165) is 36.9 Å². The summed E-state index contributed by atoms with van der Waals surface area (Å²) >= 11 is 0. The minimum absolute atomic E-state index is 0.0131. The van der Waals surface area contributed by atoms with Gasteiger partial charge in [-0.2, -0.15) is 0 Å². The molecule has 2 aromatic carbocycles. The van der Waals surface area contributed by atoms with Crippen molar-refractivity contribution in [2.24, 2.45) is 0 Å². The average Bonchev–Trinajstić information content (AvgIpc) is 3.31. The van der Waals surface area contributed by atoms with Crippen molar-refractivity contribution in [1.29, 1.82) is 0 Å². The van der Waals surface area contributed by atoms with Gasteiger partial charge in [0.25, 0.3) is 0 Å². The Balaban J connectivity index is 1.87. The number of ether oxygens (including phenoxy) is 1. The number of H-pyrrole nitrogens is 1. The number of aromatic amines is 1. The molecular weight excluding hydrogens is 348 g/mol. The second-order valence-electron chi connectivity index (χ2n) is 7.01. The van der Waals surface area contributed by atoms with E-state index >= 15 is 0 Å². The molecule has 27 heavy (non-hydrogen) atoms. The Morgan fingerprint density at radius 1 is 1.15 bits per heavy atom. The molecule has 0 spiro atoms. The van der Waals surface area contributed by atoms with Crippen molar-refractivity contribution in [2.75, 3.05) is 6.61 Å². The lowest BCUT2D eigenvalue weighted by Gasteiger charge is -2.12. The number of benzene rings is 2. The lowest BCUT2D eigenvalue weighted by molar-refractivity contribution is 0.0520. The fourth-order valence-corrected chi connectivity index (χ4v) is 4.06. The summed E-state index contributed by atoms with van der Waals surface area (Å²) in [7, 11) is 0. The first-order valence-corrected chi connectivity index (χ1v) is 9.36. The van der Waals surface area contributed by atoms with Crippen molar-refractivity contribution in [3.63, 3.8) is 0 Å². The van der Waals surface area contributed by atoms with E-state index in [1.807, 2.05) is 6.07 Å². The first-order valence-electron chi connectivity index (χ1n) is 9.36. The second kappa shape index (κ2) is 7.14. The zero-order valence-corrected chi connectivity index (χ0v) is 15.1. The number of carbonyl (C=O) groups excluding carboxylic acids is 1. The van der Waals surface area contributed by atoms with E-state index in [2.05, 4.69) is 4.98 Å². The Morgan fingerprint density at radius 2 is 1.93 bits per heavy atom. The minimum Gasteiger partial charge on any atom is -0.461 e. The summed E-state index contributed by atoms with van der Waals surface area (Å²) in [6.45, 7) is 2.04. The van der Waals surface area contributed by atoms with Crippen LogP contribution in [0.3, 0.4) is 0 Å². The van der Waals surface area contributed by atoms with Gasteiger partial charge in [-0.25, -0.2) is 13.6 Å². The van der Waals surface area contributed by atoms with Crippen LogP contribution in [0.1, 0.15) is 54.6 Å². The molecule has 3 aromatic rings. The van der Waals surface area contributed by atoms with Gasteiger partial charge in [-0.15, -0.1) is 0 Å². The van der Waals surface area contributed by atoms with E-state index in [9.17, 15) is 13.6 Å². The third kappa shape index (κ3) is 3.22. The molecule has 0 aliphatic heterocycles. The van der Waals surface area contributed by atoms with Crippen LogP contribution in [-0.4, -0.2) is 17.6 Å². The maximum absolute atomic E-state index is 14.6. The summed E-state index contributed by atoms with van der Waals surface area (Å²) < 4.78 is 33.7. The Kier molecular flexibility index (Phi) is 4.68. The molecule has 1 aromatic heterocycles. The van der Waals surface area contributed by atoms with E-state index in [4.69, 9.17) is 4.74 Å². The lowest BCUT2D eigenvalue weighted by Crippen LogP contribution is -2.04. The summed E-state index contributed by atoms with van der Waals surface area (Å²) in [4.78, 5) is 15.3. The number of hydrogen-bond acceptors (Lipinski definition) is 2. The van der Waals surface area contributed by atoms with Crippen LogP contribution in [-0.2, 0) is 4.74 Å². The van der Waals surface area contributed by atoms with Crippen LogP contribution in [0.15, 0.2) is 36.4 Å². The number of carbonyl (C=O) groups is 1. The van der Waals surface area contributed by atoms with Crippen molar-refractivity contribution >= 4 is 16.7 Å². The van der Waals surface area contributed by atoms with Gasteiger partial charge in [-0.3, -0.25) is 0 Å². The molecule has 1 fully saturated rings. The van der Waals surface area contributed by atoms with Crippen LogP contribution in [0.2, 0.25) is 0 Å². The van der Waals surface area contributed by atoms with Gasteiger partial charge in [-0.05, 0) is 60.9 Å². The summed E-state index contributed by atoms with van der Waals surface area (Å²) in [6, 6.07) is 9.44. The highest BCUT2D eigenvalue weighted by Crippen LogP contribution is 2.40. The minimum atomic E-state index is -0.606. The van der Waals surface area contributed by atoms with E-state index in [-0.39, 0.29) is 12.0 Å². The molecule has 0 amide bonds. The molecule has 0 unspecified atom stereocenters. The fourth-order valence-electron chi connectivity index (χ4n) is 4.06. The van der Waals surface area contributed by atoms with Gasteiger partial charge in [0.05, 0.1) is 12.0 Å². The highest BCUT2D eigenvalue weighted by atomic mass is 19.1. The van der Waals surface area contributed by atoms with Gasteiger partial charge in [0.1, 0.15) is 17.3 Å². The van der Waals surface area contributed by atoms with Crippen LogP contribution in [0.5, 0.6) is 0 Å². The molecule has 1 aliphatic carbocycles. The molecule has 1 saturated carbocycles. The van der Waals surface area contributed by atoms with Crippen molar-refractivity contribution < 1.29 is 18.3 Å². The molecule has 4 rings (SSSR count). The molecule has 0 bridgehead atoms. The van der Waals surface area contributed by atoms with Crippen LogP contribution in [0.25, 0.3) is 22.0 Å². The number of fused-ring (bicyclic) bond motifs is 1. The van der Waals surface area contributed by atoms with E-state index in [1.165, 1.54) is 12.1 Å². The van der Waals surface area contributed by atoms with Crippen LogP contribution in [0, 0.1) is 11.6 Å². The Bertz CT molecular complexity index is 1000. The van der Waals surface area contributed by atoms with Gasteiger partial charge in [0, 0.05) is 11.3 Å². The van der Waals surface area contributed by atoms with Gasteiger partial charge in [0.15, 0.2) is 0 Å². The molecule has 1 aliphatic rings. The standard InChI is InChI=1S/C22H21F2NO2/c1-2-27-22(26)19-12-16(13-6-3-4-7-13)21(25-19)15-10-14-8-5-9-17(23)20(14)18(24)11-15/h5,8-13,25H,2-4,6-7H2,1H3. The quantitative estimate of drug-likeness (QED) is 0.578. The predicted molar refractivity (Wildman–Crippen MR) is 101 cm³/mol. The molecular formula is C22H21F2NO2. The number of esters is 1. The molecule has 0 saturated heterocycles. The Morgan fingerprint density at radius 3 is 2.67 bits per heavy atom. The summed E-state index contributed by atoms with van der Waals surface area (Å²) in [5, 5.41) is 0.482. The summed E-state index contributed by atoms with van der Waals surface area (Å²) in [6.07, 6.45) is 4.36. The maximum atomic E-state index is 14.6. The molecule has 1 heterocycles. The van der Waals surface area contributed by atoms with Crippen molar-refractivity contribution in [2.45, 2.75) is 38.5 Å². The zero-order valence-electron chi connectivity index (χ0n) is 15.1. The van der Waals surface area contributed by atoms with E-state index in [1.54, 1.807) is 25.1 Å². The molecule has 0 radical (unpaired) electrons. The van der Waals surface area contributed by atoms with Gasteiger partial charge >= 0.3 is 5.97 Å². The smallest absolute Gasteiger partial charge is 0.354 e. The summed E-state index contributed by atoms with van der Waals surface area (Å²) in [5.41, 5.74) is 2.71. The topological polar surface area (TPSA) is 42.1 Å². The number of halogens is 2. The molecule has 3 nitrogen and oxygen atoms in total. The zero-order chi connectivity index (χ0) is 19.0. The van der Waals surface area contributed by atoms with Crippen molar-refractivity contribution in [3.8, 4) is 11.3 Å². The second-order valence-corrected chi connectivity index (χ2v) is 7.01. The predicted octanol–water partition coefficient (Wildman–Crippen LogP) is 5.95. The summed E-state index contributed by atoms with van der Waals surface area (Å²) in [5.74, 6) is -1.28. The first-order chi connectivity index (χ1) is 13.1. The highest BCUT2D eigenvalue weighted by Gasteiger charge is 2.25. The number of nitrogens with one attached hydrogen (secondary N) is 1. The number of rotatable bonds is 4. The largest absolute Gasteiger partial charge is 0.461 e. The number of hydrogen-bond donors (Lipinski definition) is 1. The van der Waals surface area contributed by atoms with Crippen LogP contribution < -0.4 is 0 Å². The number of aromatic nitrogens is 1. The van der Waals surface area contributed by atoms with Gasteiger partial charge in [0.2, 0.25) is 0 Å². The van der Waals surface area contributed by atoms with Crippen molar-refractivity contribution in [1.82, 2.24) is 4.98 Å². The fraction of sp³-hybridized carbons (Fsp3) is 0.318. The highest BCUT2D eigenvalue weighted by molar-refractivity contribution is 5.92. The average molecular weight is 369 g/mol. The van der Waals surface area contributed by atoms with E-state index in [0.29, 0.717) is 22.6 Å². The van der Waals surface area contributed by atoms with Gasteiger partial charge < -0.3 is 9.72 Å². The first kappa shape index (κ1) is 17.7. The SMILES string of the molecule is CCOC(=O)c1cc(C2CCCC2)c(-c2cc(F)c3c(F)cccc3c2)[nH]1. The lowest BCUT2D eigenvalue weighted by atomic mass is 9.93.